The second-order valence-electron chi connectivity index (χ2n) is 6.51. The Balaban J connectivity index is 2.16. The Morgan fingerprint density at radius 2 is 1.95 bits per heavy atom. The van der Waals surface area contributed by atoms with Gasteiger partial charge in [-0.15, -0.1) is 11.8 Å². The Labute approximate surface area is 136 Å². The molecule has 120 valence electrons. The van der Waals surface area contributed by atoms with Crippen molar-refractivity contribution >= 4 is 23.6 Å². The third kappa shape index (κ3) is 3.83. The summed E-state index contributed by atoms with van der Waals surface area (Å²) >= 11 is 1.58. The van der Waals surface area contributed by atoms with Crippen LogP contribution < -0.4 is 5.32 Å². The van der Waals surface area contributed by atoms with Crippen LogP contribution in [0.15, 0.2) is 24.3 Å². The Morgan fingerprint density at radius 3 is 2.50 bits per heavy atom. The first-order valence-corrected chi connectivity index (χ1v) is 8.66. The van der Waals surface area contributed by atoms with Crippen LogP contribution >= 0.6 is 11.8 Å². The highest BCUT2D eigenvalue weighted by Crippen LogP contribution is 2.38. The zero-order chi connectivity index (χ0) is 16.3. The number of hydrogen-bond donors (Lipinski definition) is 1. The SMILES string of the molecule is CCNC(=O)CN1C(=O)CSC1c1ccc(C(C)(C)C)cc1. The number of carbonyl (C=O) groups is 2. The molecule has 22 heavy (non-hydrogen) atoms. The average Bonchev–Trinajstić information content (AvgIpc) is 2.80. The van der Waals surface area contributed by atoms with Crippen LogP contribution in [0.4, 0.5) is 0 Å². The zero-order valence-electron chi connectivity index (χ0n) is 13.7. The Kier molecular flexibility index (Phi) is 5.16. The molecule has 1 aromatic carbocycles. The largest absolute Gasteiger partial charge is 0.355 e. The van der Waals surface area contributed by atoms with Gasteiger partial charge in [0.25, 0.3) is 0 Å². The van der Waals surface area contributed by atoms with E-state index in [9.17, 15) is 9.59 Å². The van der Waals surface area contributed by atoms with Crippen molar-refractivity contribution in [3.05, 3.63) is 35.4 Å². The zero-order valence-corrected chi connectivity index (χ0v) is 14.5. The number of rotatable bonds is 4. The molecule has 5 heteroatoms. The number of hydrogen-bond acceptors (Lipinski definition) is 3. The van der Waals surface area contributed by atoms with Crippen molar-refractivity contribution in [1.82, 2.24) is 10.2 Å². The second kappa shape index (κ2) is 6.73. The van der Waals surface area contributed by atoms with E-state index in [0.29, 0.717) is 12.3 Å². The Bertz CT molecular complexity index is 549. The second-order valence-corrected chi connectivity index (χ2v) is 7.58. The highest BCUT2D eigenvalue weighted by molar-refractivity contribution is 8.00. The summed E-state index contributed by atoms with van der Waals surface area (Å²) in [6.07, 6.45) is 0. The number of nitrogens with zero attached hydrogens (tertiary/aromatic N) is 1. The number of nitrogens with one attached hydrogen (secondary N) is 1. The summed E-state index contributed by atoms with van der Waals surface area (Å²) in [5.74, 6) is 0.362. The molecule has 0 spiro atoms. The first-order chi connectivity index (χ1) is 10.3. The van der Waals surface area contributed by atoms with E-state index in [4.69, 9.17) is 0 Å². The van der Waals surface area contributed by atoms with Crippen LogP contribution in [0.5, 0.6) is 0 Å². The van der Waals surface area contributed by atoms with E-state index < -0.39 is 0 Å². The van der Waals surface area contributed by atoms with Crippen LogP contribution in [0.25, 0.3) is 0 Å². The lowest BCUT2D eigenvalue weighted by Crippen LogP contribution is -2.39. The normalized spacial score (nSPS) is 18.6. The average molecular weight is 320 g/mol. The number of amides is 2. The molecule has 1 aliphatic heterocycles. The Hall–Kier alpha value is -1.49. The van der Waals surface area contributed by atoms with Gasteiger partial charge < -0.3 is 10.2 Å². The van der Waals surface area contributed by atoms with Crippen molar-refractivity contribution in [2.75, 3.05) is 18.8 Å². The van der Waals surface area contributed by atoms with Gasteiger partial charge >= 0.3 is 0 Å². The molecule has 4 nitrogen and oxygen atoms in total. The lowest BCUT2D eigenvalue weighted by atomic mass is 9.87. The fraction of sp³-hybridized carbons (Fsp3) is 0.529. The maximum Gasteiger partial charge on any atom is 0.239 e. The van der Waals surface area contributed by atoms with E-state index in [1.54, 1.807) is 16.7 Å². The molecule has 1 heterocycles. The molecule has 0 radical (unpaired) electrons. The molecule has 0 aromatic heterocycles. The predicted octanol–water partition coefficient (Wildman–Crippen LogP) is 2.69. The summed E-state index contributed by atoms with van der Waals surface area (Å²) in [6, 6.07) is 8.37. The molecule has 1 unspecified atom stereocenters. The summed E-state index contributed by atoms with van der Waals surface area (Å²) in [5, 5.41) is 2.69. The van der Waals surface area contributed by atoms with Gasteiger partial charge in [0.1, 0.15) is 11.9 Å². The lowest BCUT2D eigenvalue weighted by Gasteiger charge is -2.25. The molecular formula is C17H24N2O2S. The van der Waals surface area contributed by atoms with E-state index in [1.165, 1.54) is 5.56 Å². The molecule has 1 fully saturated rings. The summed E-state index contributed by atoms with van der Waals surface area (Å²) in [6.45, 7) is 9.12. The molecule has 2 rings (SSSR count). The summed E-state index contributed by atoms with van der Waals surface area (Å²) < 4.78 is 0. The highest BCUT2D eigenvalue weighted by atomic mass is 32.2. The quantitative estimate of drug-likeness (QED) is 0.928. The minimum atomic E-state index is -0.102. The standard InChI is InChI=1S/C17H24N2O2S/c1-5-18-14(20)10-19-15(21)11-22-16(19)12-6-8-13(9-7-12)17(2,3)4/h6-9,16H,5,10-11H2,1-4H3,(H,18,20). The van der Waals surface area contributed by atoms with Crippen molar-refractivity contribution in [2.45, 2.75) is 38.5 Å². The molecule has 0 aliphatic carbocycles. The molecule has 2 amide bonds. The summed E-state index contributed by atoms with van der Waals surface area (Å²) in [4.78, 5) is 25.5. The lowest BCUT2D eigenvalue weighted by molar-refractivity contribution is -0.133. The molecule has 1 N–H and O–H groups in total. The van der Waals surface area contributed by atoms with Crippen LogP contribution in [0, 0.1) is 0 Å². The summed E-state index contributed by atoms with van der Waals surface area (Å²) in [7, 11) is 0. The van der Waals surface area contributed by atoms with Crippen LogP contribution in [0.2, 0.25) is 0 Å². The van der Waals surface area contributed by atoms with Crippen molar-refractivity contribution in [3.63, 3.8) is 0 Å². The van der Waals surface area contributed by atoms with Gasteiger partial charge in [0.05, 0.1) is 5.75 Å². The third-order valence-corrected chi connectivity index (χ3v) is 4.97. The van der Waals surface area contributed by atoms with Gasteiger partial charge in [0.15, 0.2) is 0 Å². The van der Waals surface area contributed by atoms with Gasteiger partial charge in [-0.25, -0.2) is 0 Å². The maximum absolute atomic E-state index is 12.0. The number of carbonyl (C=O) groups excluding carboxylic acids is 2. The number of thioether (sulfide) groups is 1. The van der Waals surface area contributed by atoms with Crippen LogP contribution in [-0.2, 0) is 15.0 Å². The molecule has 1 aliphatic rings. The van der Waals surface area contributed by atoms with Crippen molar-refractivity contribution in [1.29, 1.82) is 0 Å². The first kappa shape index (κ1) is 16.9. The smallest absolute Gasteiger partial charge is 0.239 e. The monoisotopic (exact) mass is 320 g/mol. The van der Waals surface area contributed by atoms with E-state index >= 15 is 0 Å². The molecule has 0 bridgehead atoms. The van der Waals surface area contributed by atoms with Crippen molar-refractivity contribution in [3.8, 4) is 0 Å². The van der Waals surface area contributed by atoms with E-state index in [0.717, 1.165) is 5.56 Å². The van der Waals surface area contributed by atoms with E-state index in [1.807, 2.05) is 6.92 Å². The van der Waals surface area contributed by atoms with Gasteiger partial charge in [0.2, 0.25) is 11.8 Å². The molecular weight excluding hydrogens is 296 g/mol. The van der Waals surface area contributed by atoms with Crippen molar-refractivity contribution < 1.29 is 9.59 Å². The summed E-state index contributed by atoms with van der Waals surface area (Å²) in [5.41, 5.74) is 2.45. The van der Waals surface area contributed by atoms with Gasteiger partial charge in [-0.1, -0.05) is 45.0 Å². The van der Waals surface area contributed by atoms with Gasteiger partial charge in [-0.3, -0.25) is 9.59 Å². The molecule has 0 saturated carbocycles. The molecule has 1 saturated heterocycles. The van der Waals surface area contributed by atoms with Crippen molar-refractivity contribution in [2.24, 2.45) is 0 Å². The van der Waals surface area contributed by atoms with Gasteiger partial charge in [-0.05, 0) is 23.5 Å². The van der Waals surface area contributed by atoms with Gasteiger partial charge in [-0.2, -0.15) is 0 Å². The van der Waals surface area contributed by atoms with Crippen LogP contribution in [0.3, 0.4) is 0 Å². The topological polar surface area (TPSA) is 49.4 Å². The fourth-order valence-corrected chi connectivity index (χ4v) is 3.64. The fourth-order valence-electron chi connectivity index (χ4n) is 2.46. The van der Waals surface area contributed by atoms with Gasteiger partial charge in [0, 0.05) is 6.54 Å². The third-order valence-electron chi connectivity index (χ3n) is 3.72. The van der Waals surface area contributed by atoms with Crippen LogP contribution in [-0.4, -0.2) is 35.6 Å². The predicted molar refractivity (Wildman–Crippen MR) is 90.7 cm³/mol. The highest BCUT2D eigenvalue weighted by Gasteiger charge is 2.34. The number of benzene rings is 1. The Morgan fingerprint density at radius 1 is 1.32 bits per heavy atom. The van der Waals surface area contributed by atoms with E-state index in [-0.39, 0.29) is 29.1 Å². The number of likely N-dealkylation sites (N-methyl/N-ethyl adjacent to an activating group) is 1. The first-order valence-electron chi connectivity index (χ1n) is 7.61. The molecule has 1 aromatic rings. The van der Waals surface area contributed by atoms with E-state index in [2.05, 4.69) is 50.4 Å². The molecule has 1 atom stereocenters. The minimum Gasteiger partial charge on any atom is -0.355 e. The van der Waals surface area contributed by atoms with Crippen LogP contribution in [0.1, 0.15) is 44.2 Å². The maximum atomic E-state index is 12.0. The minimum absolute atomic E-state index is 0.0288.